The van der Waals surface area contributed by atoms with Crippen LogP contribution in [-0.2, 0) is 24.2 Å². The maximum absolute atomic E-state index is 12.3. The topological polar surface area (TPSA) is 93.3 Å². The lowest BCUT2D eigenvalue weighted by molar-refractivity contribution is -0.118. The number of carbonyl (C=O) groups excluding carboxylic acids is 1. The lowest BCUT2D eigenvalue weighted by Gasteiger charge is -2.13. The number of nitrogens with zero attached hydrogens (tertiary/aromatic N) is 1. The van der Waals surface area contributed by atoms with E-state index in [9.17, 15) is 9.59 Å². The largest absolute Gasteiger partial charge is 0.494 e. The molecule has 1 amide bonds. The van der Waals surface area contributed by atoms with Gasteiger partial charge < -0.3 is 19.8 Å². The summed E-state index contributed by atoms with van der Waals surface area (Å²) in [5.74, 6) is 1.65. The third-order valence-electron chi connectivity index (χ3n) is 4.47. The smallest absolute Gasteiger partial charge is 0.251 e. The van der Waals surface area contributed by atoms with E-state index >= 15 is 0 Å². The molecule has 2 aromatic rings. The van der Waals surface area contributed by atoms with Crippen LogP contribution in [-0.4, -0.2) is 34.3 Å². The molecule has 1 aliphatic rings. The van der Waals surface area contributed by atoms with Crippen LogP contribution in [0.1, 0.15) is 44.0 Å². The highest BCUT2D eigenvalue weighted by Crippen LogP contribution is 2.35. The number of H-pyrrole nitrogens is 1. The number of aryl methyl sites for hydroxylation is 1. The first-order valence-corrected chi connectivity index (χ1v) is 10.9. The Morgan fingerprint density at radius 2 is 2.21 bits per heavy atom. The number of ether oxygens (including phenoxy) is 2. The average molecular weight is 418 g/mol. The van der Waals surface area contributed by atoms with Crippen LogP contribution in [0.15, 0.2) is 28.2 Å². The fraction of sp³-hybridized carbons (Fsp3) is 0.476. The molecule has 8 heteroatoms. The van der Waals surface area contributed by atoms with Crippen molar-refractivity contribution in [2.24, 2.45) is 0 Å². The first-order valence-electron chi connectivity index (χ1n) is 9.93. The molecule has 1 atom stereocenters. The Balaban J connectivity index is 1.60. The van der Waals surface area contributed by atoms with Crippen molar-refractivity contribution >= 4 is 17.7 Å². The Labute approximate surface area is 174 Å². The number of amides is 1. The van der Waals surface area contributed by atoms with Gasteiger partial charge in [-0.3, -0.25) is 9.59 Å². The van der Waals surface area contributed by atoms with Crippen LogP contribution in [0.3, 0.4) is 0 Å². The van der Waals surface area contributed by atoms with Gasteiger partial charge in [-0.1, -0.05) is 25.1 Å². The Kier molecular flexibility index (Phi) is 7.19. The number of carbonyl (C=O) groups is 1. The average Bonchev–Trinajstić information content (AvgIpc) is 3.03. The number of thioether (sulfide) groups is 1. The minimum atomic E-state index is -0.194. The number of hydrogen-bond acceptors (Lipinski definition) is 6. The van der Waals surface area contributed by atoms with Crippen LogP contribution >= 0.6 is 11.8 Å². The van der Waals surface area contributed by atoms with Crippen molar-refractivity contribution in [2.45, 2.75) is 57.8 Å². The van der Waals surface area contributed by atoms with E-state index in [0.717, 1.165) is 47.6 Å². The van der Waals surface area contributed by atoms with E-state index in [1.165, 1.54) is 17.8 Å². The third kappa shape index (κ3) is 5.76. The molecule has 2 heterocycles. The van der Waals surface area contributed by atoms with Crippen molar-refractivity contribution in [2.75, 3.05) is 12.4 Å². The summed E-state index contributed by atoms with van der Waals surface area (Å²) < 4.78 is 11.6. The van der Waals surface area contributed by atoms with Crippen LogP contribution in [0.4, 0.5) is 0 Å². The second kappa shape index (κ2) is 9.82. The molecule has 1 aromatic heterocycles. The third-order valence-corrected chi connectivity index (χ3v) is 5.35. The van der Waals surface area contributed by atoms with E-state index < -0.39 is 0 Å². The summed E-state index contributed by atoms with van der Waals surface area (Å²) in [5, 5.41) is 3.37. The summed E-state index contributed by atoms with van der Waals surface area (Å²) in [4.78, 5) is 31.1. The van der Waals surface area contributed by atoms with E-state index in [4.69, 9.17) is 9.47 Å². The highest BCUT2D eigenvalue weighted by Gasteiger charge is 2.22. The lowest BCUT2D eigenvalue weighted by atomic mass is 10.1. The number of fused-ring (bicyclic) bond motifs is 1. The predicted octanol–water partition coefficient (Wildman–Crippen LogP) is 2.85. The molecule has 2 N–H and O–H groups in total. The highest BCUT2D eigenvalue weighted by molar-refractivity contribution is 7.99. The van der Waals surface area contributed by atoms with Gasteiger partial charge in [0.1, 0.15) is 17.6 Å². The maximum Gasteiger partial charge on any atom is 0.251 e. The van der Waals surface area contributed by atoms with Gasteiger partial charge in [0.15, 0.2) is 5.16 Å². The second-order valence-corrected chi connectivity index (χ2v) is 7.95. The first kappa shape index (κ1) is 21.2. The Bertz CT molecular complexity index is 929. The number of hydrogen-bond donors (Lipinski definition) is 2. The zero-order valence-corrected chi connectivity index (χ0v) is 17.9. The van der Waals surface area contributed by atoms with E-state index in [1.54, 1.807) is 0 Å². The lowest BCUT2D eigenvalue weighted by Crippen LogP contribution is -2.25. The predicted molar refractivity (Wildman–Crippen MR) is 113 cm³/mol. The summed E-state index contributed by atoms with van der Waals surface area (Å²) in [5.41, 5.74) is 2.57. The van der Waals surface area contributed by atoms with Crippen molar-refractivity contribution in [3.8, 4) is 11.5 Å². The summed E-state index contributed by atoms with van der Waals surface area (Å²) in [6.45, 7) is 6.90. The number of aromatic nitrogens is 2. The van der Waals surface area contributed by atoms with Gasteiger partial charge in [-0.05, 0) is 32.4 Å². The summed E-state index contributed by atoms with van der Waals surface area (Å²) in [6.07, 6.45) is 2.66. The molecule has 0 radical (unpaired) electrons. The van der Waals surface area contributed by atoms with Crippen molar-refractivity contribution in [1.82, 2.24) is 15.3 Å². The monoisotopic (exact) mass is 417 g/mol. The molecule has 29 heavy (non-hydrogen) atoms. The quantitative estimate of drug-likeness (QED) is 0.481. The number of aromatic amines is 1. The van der Waals surface area contributed by atoms with Gasteiger partial charge in [0.25, 0.3) is 5.56 Å². The zero-order chi connectivity index (χ0) is 20.8. The SMILES string of the molecule is CCCc1cc(=O)[nH]c(SCC(=O)NCc2cc3c(cc2OCC)C[C@@H](C)O3)n1. The van der Waals surface area contributed by atoms with Crippen LogP contribution in [0.2, 0.25) is 0 Å². The number of rotatable bonds is 9. The van der Waals surface area contributed by atoms with E-state index in [-0.39, 0.29) is 23.3 Å². The molecule has 0 fully saturated rings. The zero-order valence-electron chi connectivity index (χ0n) is 17.0. The number of benzene rings is 1. The summed E-state index contributed by atoms with van der Waals surface area (Å²) in [6, 6.07) is 5.45. The minimum Gasteiger partial charge on any atom is -0.494 e. The van der Waals surface area contributed by atoms with E-state index in [0.29, 0.717) is 18.3 Å². The van der Waals surface area contributed by atoms with Crippen molar-refractivity contribution in [3.05, 3.63) is 45.4 Å². The molecule has 7 nitrogen and oxygen atoms in total. The van der Waals surface area contributed by atoms with Crippen molar-refractivity contribution in [1.29, 1.82) is 0 Å². The molecule has 1 aromatic carbocycles. The Morgan fingerprint density at radius 3 is 2.97 bits per heavy atom. The standard InChI is InChI=1S/C21H27N3O4S/c1-4-6-16-10-19(25)24-21(23-16)29-12-20(26)22-11-15-9-18-14(7-13(3)28-18)8-17(15)27-5-2/h8-10,13H,4-7,11-12H2,1-3H3,(H,22,26)(H,23,24,25)/t13-/m1/s1. The molecule has 1 aliphatic heterocycles. The van der Waals surface area contributed by atoms with Gasteiger partial charge in [0.2, 0.25) is 5.91 Å². The van der Waals surface area contributed by atoms with E-state index in [1.807, 2.05) is 32.9 Å². The molecule has 0 unspecified atom stereocenters. The van der Waals surface area contributed by atoms with Gasteiger partial charge in [-0.2, -0.15) is 0 Å². The van der Waals surface area contributed by atoms with Gasteiger partial charge >= 0.3 is 0 Å². The summed E-state index contributed by atoms with van der Waals surface area (Å²) >= 11 is 1.22. The van der Waals surface area contributed by atoms with Crippen LogP contribution in [0.5, 0.6) is 11.5 Å². The molecule has 3 rings (SSSR count). The molecular formula is C21H27N3O4S. The van der Waals surface area contributed by atoms with Crippen LogP contribution in [0.25, 0.3) is 0 Å². The number of nitrogens with one attached hydrogen (secondary N) is 2. The Morgan fingerprint density at radius 1 is 1.38 bits per heavy atom. The van der Waals surface area contributed by atoms with E-state index in [2.05, 4.69) is 15.3 Å². The van der Waals surface area contributed by atoms with Gasteiger partial charge in [0.05, 0.1) is 12.4 Å². The van der Waals surface area contributed by atoms with Crippen molar-refractivity contribution < 1.29 is 14.3 Å². The van der Waals surface area contributed by atoms with Gasteiger partial charge in [-0.15, -0.1) is 0 Å². The van der Waals surface area contributed by atoms with Crippen LogP contribution < -0.4 is 20.3 Å². The molecule has 0 saturated heterocycles. The first-order chi connectivity index (χ1) is 14.0. The molecular weight excluding hydrogens is 390 g/mol. The maximum atomic E-state index is 12.3. The summed E-state index contributed by atoms with van der Waals surface area (Å²) in [7, 11) is 0. The molecule has 0 spiro atoms. The molecule has 0 saturated carbocycles. The fourth-order valence-electron chi connectivity index (χ4n) is 3.22. The van der Waals surface area contributed by atoms with Gasteiger partial charge in [-0.25, -0.2) is 4.98 Å². The molecule has 0 aliphatic carbocycles. The van der Waals surface area contributed by atoms with Gasteiger partial charge in [0, 0.05) is 35.9 Å². The molecule has 0 bridgehead atoms. The second-order valence-electron chi connectivity index (χ2n) is 6.99. The highest BCUT2D eigenvalue weighted by atomic mass is 32.2. The minimum absolute atomic E-state index is 0.143. The van der Waals surface area contributed by atoms with Crippen LogP contribution in [0, 0.1) is 0 Å². The fourth-order valence-corrected chi connectivity index (χ4v) is 3.95. The molecule has 156 valence electrons. The normalized spacial score (nSPS) is 14.9. The van der Waals surface area contributed by atoms with Crippen molar-refractivity contribution in [3.63, 3.8) is 0 Å². The Hall–Kier alpha value is -2.48.